The molecule has 20 heavy (non-hydrogen) atoms. The lowest BCUT2D eigenvalue weighted by Crippen LogP contribution is -2.17. The Bertz CT molecular complexity index is 649. The van der Waals surface area contributed by atoms with E-state index in [1.165, 1.54) is 0 Å². The first-order valence-corrected chi connectivity index (χ1v) is 9.04. The molecule has 110 valence electrons. The second-order valence-corrected chi connectivity index (χ2v) is 8.26. The van der Waals surface area contributed by atoms with Gasteiger partial charge in [0.05, 0.1) is 21.7 Å². The van der Waals surface area contributed by atoms with Gasteiger partial charge in [0, 0.05) is 12.1 Å². The fraction of sp³-hybridized carbons (Fsp3) is 0.417. The van der Waals surface area contributed by atoms with Crippen molar-refractivity contribution >= 4 is 48.7 Å². The summed E-state index contributed by atoms with van der Waals surface area (Å²) in [5.74, 6) is -0.0794. The van der Waals surface area contributed by atoms with Gasteiger partial charge in [0.2, 0.25) is 0 Å². The van der Waals surface area contributed by atoms with E-state index in [0.717, 1.165) is 0 Å². The number of rotatable bonds is 4. The van der Waals surface area contributed by atoms with Crippen LogP contribution in [0.2, 0.25) is 0 Å². The summed E-state index contributed by atoms with van der Waals surface area (Å²) in [6, 6.07) is 3.18. The van der Waals surface area contributed by atoms with Crippen molar-refractivity contribution in [1.29, 1.82) is 0 Å². The third-order valence-corrected chi connectivity index (χ3v) is 6.09. The highest BCUT2D eigenvalue weighted by molar-refractivity contribution is 9.10. The molecular formula is C12H14BrFN2O2S2. The molecule has 0 saturated carbocycles. The fourth-order valence-electron chi connectivity index (χ4n) is 2.16. The molecule has 2 rings (SSSR count). The molecule has 1 atom stereocenters. The zero-order chi connectivity index (χ0) is 14.9. The second kappa shape index (κ2) is 5.95. The van der Waals surface area contributed by atoms with Crippen LogP contribution in [-0.4, -0.2) is 31.5 Å². The van der Waals surface area contributed by atoms with Crippen LogP contribution in [0.25, 0.3) is 0 Å². The second-order valence-electron chi connectivity index (χ2n) is 4.80. The van der Waals surface area contributed by atoms with Crippen LogP contribution >= 0.6 is 28.1 Å². The molecule has 1 aliphatic rings. The SMILES string of the molecule is NC(=S)c1ccc(NCC2CCS(=O)(=O)C2)c(F)c1Br. The minimum atomic E-state index is -2.91. The highest BCUT2D eigenvalue weighted by atomic mass is 79.9. The Labute approximate surface area is 131 Å². The van der Waals surface area contributed by atoms with Gasteiger partial charge in [-0.3, -0.25) is 0 Å². The summed E-state index contributed by atoms with van der Waals surface area (Å²) >= 11 is 7.95. The number of halogens is 2. The van der Waals surface area contributed by atoms with E-state index in [1.807, 2.05) is 0 Å². The molecule has 1 aromatic carbocycles. The molecule has 1 saturated heterocycles. The Morgan fingerprint density at radius 3 is 2.80 bits per heavy atom. The molecule has 1 aromatic rings. The van der Waals surface area contributed by atoms with E-state index >= 15 is 0 Å². The summed E-state index contributed by atoms with van der Waals surface area (Å²) < 4.78 is 37.0. The maximum absolute atomic E-state index is 14.1. The van der Waals surface area contributed by atoms with Gasteiger partial charge in [0.25, 0.3) is 0 Å². The Hall–Kier alpha value is -0.730. The molecule has 0 aliphatic carbocycles. The molecular weight excluding hydrogens is 367 g/mol. The van der Waals surface area contributed by atoms with Gasteiger partial charge in [-0.25, -0.2) is 12.8 Å². The number of hydrogen-bond acceptors (Lipinski definition) is 4. The number of nitrogens with one attached hydrogen (secondary N) is 1. The normalized spacial score (nSPS) is 20.8. The molecule has 8 heteroatoms. The largest absolute Gasteiger partial charge is 0.389 e. The van der Waals surface area contributed by atoms with Gasteiger partial charge in [-0.05, 0) is 40.4 Å². The monoisotopic (exact) mass is 380 g/mol. The molecule has 0 amide bonds. The summed E-state index contributed by atoms with van der Waals surface area (Å²) in [6.45, 7) is 0.426. The lowest BCUT2D eigenvalue weighted by molar-refractivity contribution is 0.593. The quantitative estimate of drug-likeness (QED) is 0.782. The number of anilines is 1. The van der Waals surface area contributed by atoms with Crippen LogP contribution < -0.4 is 11.1 Å². The van der Waals surface area contributed by atoms with Crippen molar-refractivity contribution in [2.45, 2.75) is 6.42 Å². The van der Waals surface area contributed by atoms with Gasteiger partial charge in [-0.2, -0.15) is 0 Å². The average molecular weight is 381 g/mol. The molecule has 0 spiro atoms. The summed E-state index contributed by atoms with van der Waals surface area (Å²) in [6.07, 6.45) is 0.614. The first-order valence-electron chi connectivity index (χ1n) is 6.02. The molecule has 0 bridgehead atoms. The fourth-order valence-corrected chi connectivity index (χ4v) is 4.89. The lowest BCUT2D eigenvalue weighted by Gasteiger charge is -2.13. The van der Waals surface area contributed by atoms with Crippen LogP contribution in [0.5, 0.6) is 0 Å². The van der Waals surface area contributed by atoms with E-state index in [4.69, 9.17) is 18.0 Å². The number of nitrogens with two attached hydrogens (primary N) is 1. The third-order valence-electron chi connectivity index (χ3n) is 3.26. The maximum Gasteiger partial charge on any atom is 0.161 e. The number of benzene rings is 1. The number of sulfone groups is 1. The molecule has 3 N–H and O–H groups in total. The zero-order valence-corrected chi connectivity index (χ0v) is 13.7. The number of hydrogen-bond donors (Lipinski definition) is 2. The average Bonchev–Trinajstić information content (AvgIpc) is 2.70. The van der Waals surface area contributed by atoms with E-state index < -0.39 is 15.7 Å². The zero-order valence-electron chi connectivity index (χ0n) is 10.5. The summed E-state index contributed by atoms with van der Waals surface area (Å²) in [4.78, 5) is 0.115. The maximum atomic E-state index is 14.1. The Morgan fingerprint density at radius 1 is 1.55 bits per heavy atom. The summed E-state index contributed by atoms with van der Waals surface area (Å²) in [5.41, 5.74) is 6.23. The van der Waals surface area contributed by atoms with Crippen molar-refractivity contribution in [2.24, 2.45) is 11.7 Å². The topological polar surface area (TPSA) is 72.2 Å². The molecule has 1 fully saturated rings. The van der Waals surface area contributed by atoms with Gasteiger partial charge in [-0.1, -0.05) is 12.2 Å². The minimum Gasteiger partial charge on any atom is -0.389 e. The van der Waals surface area contributed by atoms with Crippen LogP contribution in [0.15, 0.2) is 16.6 Å². The highest BCUT2D eigenvalue weighted by Gasteiger charge is 2.27. The van der Waals surface area contributed by atoms with Crippen molar-refractivity contribution < 1.29 is 12.8 Å². The lowest BCUT2D eigenvalue weighted by atomic mass is 10.1. The van der Waals surface area contributed by atoms with Crippen LogP contribution in [0.4, 0.5) is 10.1 Å². The molecule has 0 aromatic heterocycles. The van der Waals surface area contributed by atoms with Crippen molar-refractivity contribution in [2.75, 3.05) is 23.4 Å². The van der Waals surface area contributed by atoms with Crippen LogP contribution in [0.3, 0.4) is 0 Å². The van der Waals surface area contributed by atoms with Crippen LogP contribution in [0, 0.1) is 11.7 Å². The summed E-state index contributed by atoms with van der Waals surface area (Å²) in [5, 5.41) is 2.95. The Kier molecular flexibility index (Phi) is 4.66. The minimum absolute atomic E-state index is 0.0217. The first kappa shape index (κ1) is 15.7. The Balaban J connectivity index is 2.08. The molecule has 0 radical (unpaired) electrons. The van der Waals surface area contributed by atoms with Crippen molar-refractivity contribution in [1.82, 2.24) is 0 Å². The Morgan fingerprint density at radius 2 is 2.25 bits per heavy atom. The predicted octanol–water partition coefficient (Wildman–Crippen LogP) is 2.07. The highest BCUT2D eigenvalue weighted by Crippen LogP contribution is 2.28. The summed E-state index contributed by atoms with van der Waals surface area (Å²) in [7, 11) is -2.91. The van der Waals surface area contributed by atoms with Gasteiger partial charge >= 0.3 is 0 Å². The van der Waals surface area contributed by atoms with E-state index in [2.05, 4.69) is 21.2 Å². The standard InChI is InChI=1S/C12H14BrFN2O2S2/c13-10-8(12(15)19)1-2-9(11(10)14)16-5-7-3-4-20(17,18)6-7/h1-2,7,16H,3-6H2,(H2,15,19). The number of thiocarbonyl (C=S) groups is 1. The smallest absolute Gasteiger partial charge is 0.161 e. The van der Waals surface area contributed by atoms with E-state index in [1.54, 1.807) is 12.1 Å². The van der Waals surface area contributed by atoms with Gasteiger partial charge < -0.3 is 11.1 Å². The molecule has 1 unspecified atom stereocenters. The van der Waals surface area contributed by atoms with E-state index in [-0.39, 0.29) is 26.9 Å². The van der Waals surface area contributed by atoms with E-state index in [9.17, 15) is 12.8 Å². The predicted molar refractivity (Wildman–Crippen MR) is 85.2 cm³/mol. The molecule has 1 aliphatic heterocycles. The van der Waals surface area contributed by atoms with Gasteiger partial charge in [0.15, 0.2) is 15.7 Å². The van der Waals surface area contributed by atoms with Crippen LogP contribution in [-0.2, 0) is 9.84 Å². The van der Waals surface area contributed by atoms with Crippen LogP contribution in [0.1, 0.15) is 12.0 Å². The van der Waals surface area contributed by atoms with Crippen molar-refractivity contribution in [3.63, 3.8) is 0 Å². The van der Waals surface area contributed by atoms with E-state index in [0.29, 0.717) is 24.2 Å². The molecule has 1 heterocycles. The van der Waals surface area contributed by atoms with Crippen molar-refractivity contribution in [3.05, 3.63) is 28.0 Å². The van der Waals surface area contributed by atoms with Crippen molar-refractivity contribution in [3.8, 4) is 0 Å². The molecule has 4 nitrogen and oxygen atoms in total. The first-order chi connectivity index (χ1) is 9.30. The third kappa shape index (κ3) is 3.48. The van der Waals surface area contributed by atoms with Gasteiger partial charge in [-0.15, -0.1) is 0 Å². The van der Waals surface area contributed by atoms with Gasteiger partial charge in [0.1, 0.15) is 4.99 Å².